The minimum Gasteiger partial charge on any atom is -0.298 e. The molecule has 74 valence electrons. The van der Waals surface area contributed by atoms with E-state index in [9.17, 15) is 4.79 Å². The summed E-state index contributed by atoms with van der Waals surface area (Å²) < 4.78 is 1.47. The third kappa shape index (κ3) is 2.88. The van der Waals surface area contributed by atoms with E-state index in [-0.39, 0.29) is 12.5 Å². The SMILES string of the molecule is C#CCNCC(=O)Nc1ncnn1C. The molecule has 0 radical (unpaired) electrons. The summed E-state index contributed by atoms with van der Waals surface area (Å²) in [6.45, 7) is 0.531. The molecular weight excluding hydrogens is 182 g/mol. The molecule has 1 aromatic heterocycles. The molecule has 1 amide bonds. The number of aryl methyl sites for hydroxylation is 1. The van der Waals surface area contributed by atoms with Crippen LogP contribution in [-0.4, -0.2) is 33.8 Å². The average molecular weight is 193 g/mol. The van der Waals surface area contributed by atoms with Gasteiger partial charge in [0.25, 0.3) is 0 Å². The molecule has 1 aromatic rings. The van der Waals surface area contributed by atoms with Gasteiger partial charge in [0.05, 0.1) is 13.1 Å². The highest BCUT2D eigenvalue weighted by molar-refractivity contribution is 5.90. The van der Waals surface area contributed by atoms with Crippen molar-refractivity contribution >= 4 is 11.9 Å². The lowest BCUT2D eigenvalue weighted by atomic mass is 10.5. The van der Waals surface area contributed by atoms with E-state index >= 15 is 0 Å². The maximum Gasteiger partial charge on any atom is 0.240 e. The Morgan fingerprint density at radius 2 is 2.57 bits per heavy atom. The average Bonchev–Trinajstić information content (AvgIpc) is 2.52. The Labute approximate surface area is 81.7 Å². The van der Waals surface area contributed by atoms with Crippen LogP contribution in [0.25, 0.3) is 0 Å². The first kappa shape index (κ1) is 10.2. The zero-order valence-electron chi connectivity index (χ0n) is 7.82. The summed E-state index contributed by atoms with van der Waals surface area (Å²) in [6, 6.07) is 0. The summed E-state index contributed by atoms with van der Waals surface area (Å²) in [5.41, 5.74) is 0. The molecule has 6 nitrogen and oxygen atoms in total. The molecule has 0 atom stereocenters. The predicted molar refractivity (Wildman–Crippen MR) is 51.3 cm³/mol. The number of amides is 1. The molecule has 1 rings (SSSR count). The molecule has 0 saturated heterocycles. The summed E-state index contributed by atoms with van der Waals surface area (Å²) in [5, 5.41) is 9.13. The largest absolute Gasteiger partial charge is 0.298 e. The Morgan fingerprint density at radius 1 is 1.79 bits per heavy atom. The standard InChI is InChI=1S/C8H11N5O/c1-3-4-9-5-7(14)12-8-10-6-11-13(8)2/h1,6,9H,4-5H2,2H3,(H,10,11,12,14). The quantitative estimate of drug-likeness (QED) is 0.474. The van der Waals surface area contributed by atoms with Crippen LogP contribution >= 0.6 is 0 Å². The fraction of sp³-hybridized carbons (Fsp3) is 0.375. The second-order valence-corrected chi connectivity index (χ2v) is 2.56. The number of hydrogen-bond acceptors (Lipinski definition) is 4. The highest BCUT2D eigenvalue weighted by Crippen LogP contribution is 1.96. The van der Waals surface area contributed by atoms with Crippen LogP contribution in [0, 0.1) is 12.3 Å². The van der Waals surface area contributed by atoms with E-state index in [1.807, 2.05) is 0 Å². The Hall–Kier alpha value is -1.87. The van der Waals surface area contributed by atoms with Crippen LogP contribution < -0.4 is 10.6 Å². The van der Waals surface area contributed by atoms with Gasteiger partial charge in [0, 0.05) is 7.05 Å². The van der Waals surface area contributed by atoms with E-state index < -0.39 is 0 Å². The fourth-order valence-electron chi connectivity index (χ4n) is 0.826. The number of rotatable bonds is 4. The topological polar surface area (TPSA) is 71.8 Å². The maximum absolute atomic E-state index is 11.2. The number of aromatic nitrogens is 3. The number of nitrogens with zero attached hydrogens (tertiary/aromatic N) is 3. The van der Waals surface area contributed by atoms with Crippen LogP contribution in [0.15, 0.2) is 6.33 Å². The third-order valence-corrected chi connectivity index (χ3v) is 1.48. The summed E-state index contributed by atoms with van der Waals surface area (Å²) in [7, 11) is 1.69. The lowest BCUT2D eigenvalue weighted by molar-refractivity contribution is -0.115. The molecule has 1 heterocycles. The van der Waals surface area contributed by atoms with Gasteiger partial charge < -0.3 is 0 Å². The molecular formula is C8H11N5O. The van der Waals surface area contributed by atoms with E-state index in [4.69, 9.17) is 6.42 Å². The molecule has 0 spiro atoms. The van der Waals surface area contributed by atoms with Gasteiger partial charge in [-0.2, -0.15) is 10.1 Å². The second kappa shape index (κ2) is 4.99. The van der Waals surface area contributed by atoms with E-state index in [0.717, 1.165) is 0 Å². The number of nitrogens with one attached hydrogen (secondary N) is 2. The Morgan fingerprint density at radius 3 is 3.14 bits per heavy atom. The normalized spacial score (nSPS) is 9.43. The molecule has 0 aliphatic rings. The van der Waals surface area contributed by atoms with Crippen LogP contribution in [0.1, 0.15) is 0 Å². The van der Waals surface area contributed by atoms with Crippen LogP contribution in [-0.2, 0) is 11.8 Å². The van der Waals surface area contributed by atoms with Gasteiger partial charge in [-0.05, 0) is 0 Å². The van der Waals surface area contributed by atoms with Crippen LogP contribution in [0.3, 0.4) is 0 Å². The summed E-state index contributed by atoms with van der Waals surface area (Å²) >= 11 is 0. The Balaban J connectivity index is 2.35. The first-order chi connectivity index (χ1) is 6.74. The lowest BCUT2D eigenvalue weighted by Crippen LogP contribution is -2.29. The molecule has 0 unspecified atom stereocenters. The molecule has 0 fully saturated rings. The van der Waals surface area contributed by atoms with Crippen molar-refractivity contribution in [1.82, 2.24) is 20.1 Å². The zero-order valence-corrected chi connectivity index (χ0v) is 7.82. The van der Waals surface area contributed by atoms with Gasteiger partial charge in [0.15, 0.2) is 0 Å². The Kier molecular flexibility index (Phi) is 3.64. The van der Waals surface area contributed by atoms with E-state index in [2.05, 4.69) is 26.6 Å². The number of hydrogen-bond donors (Lipinski definition) is 2. The molecule has 6 heteroatoms. The van der Waals surface area contributed by atoms with E-state index in [0.29, 0.717) is 12.5 Å². The second-order valence-electron chi connectivity index (χ2n) is 2.56. The minimum atomic E-state index is -0.198. The van der Waals surface area contributed by atoms with Crippen molar-refractivity contribution in [1.29, 1.82) is 0 Å². The van der Waals surface area contributed by atoms with Crippen LogP contribution in [0.2, 0.25) is 0 Å². The zero-order chi connectivity index (χ0) is 10.4. The van der Waals surface area contributed by atoms with Gasteiger partial charge in [0.2, 0.25) is 11.9 Å². The molecule has 2 N–H and O–H groups in total. The molecule has 0 aliphatic carbocycles. The van der Waals surface area contributed by atoms with Crippen molar-refractivity contribution in [2.45, 2.75) is 0 Å². The van der Waals surface area contributed by atoms with Gasteiger partial charge in [-0.1, -0.05) is 5.92 Å². The first-order valence-electron chi connectivity index (χ1n) is 4.02. The van der Waals surface area contributed by atoms with Gasteiger partial charge >= 0.3 is 0 Å². The van der Waals surface area contributed by atoms with Gasteiger partial charge in [-0.25, -0.2) is 4.68 Å². The number of carbonyl (C=O) groups is 1. The third-order valence-electron chi connectivity index (χ3n) is 1.48. The van der Waals surface area contributed by atoms with E-state index in [1.54, 1.807) is 7.05 Å². The highest BCUT2D eigenvalue weighted by Gasteiger charge is 2.04. The van der Waals surface area contributed by atoms with Crippen LogP contribution in [0.5, 0.6) is 0 Å². The van der Waals surface area contributed by atoms with Crippen molar-refractivity contribution in [2.75, 3.05) is 18.4 Å². The number of terminal acetylenes is 1. The monoisotopic (exact) mass is 193 g/mol. The highest BCUT2D eigenvalue weighted by atomic mass is 16.2. The van der Waals surface area contributed by atoms with Crippen molar-refractivity contribution in [3.63, 3.8) is 0 Å². The lowest BCUT2D eigenvalue weighted by Gasteiger charge is -2.03. The van der Waals surface area contributed by atoms with Crippen LogP contribution in [0.4, 0.5) is 5.95 Å². The first-order valence-corrected chi connectivity index (χ1v) is 4.02. The van der Waals surface area contributed by atoms with E-state index in [1.165, 1.54) is 11.0 Å². The fourth-order valence-corrected chi connectivity index (χ4v) is 0.826. The van der Waals surface area contributed by atoms with Gasteiger partial charge in [-0.3, -0.25) is 15.4 Å². The maximum atomic E-state index is 11.2. The van der Waals surface area contributed by atoms with Crippen molar-refractivity contribution < 1.29 is 4.79 Å². The Bertz CT molecular complexity index is 351. The van der Waals surface area contributed by atoms with Crippen molar-refractivity contribution in [3.8, 4) is 12.3 Å². The summed E-state index contributed by atoms with van der Waals surface area (Å²) in [4.78, 5) is 15.0. The van der Waals surface area contributed by atoms with Gasteiger partial charge in [-0.15, -0.1) is 6.42 Å². The minimum absolute atomic E-state index is 0.164. The number of carbonyl (C=O) groups excluding carboxylic acids is 1. The summed E-state index contributed by atoms with van der Waals surface area (Å²) in [5.74, 6) is 2.59. The predicted octanol–water partition coefficient (Wildman–Crippen LogP) is -1.02. The molecule has 0 aromatic carbocycles. The molecule has 0 bridgehead atoms. The summed E-state index contributed by atoms with van der Waals surface area (Å²) in [6.07, 6.45) is 6.37. The molecule has 0 aliphatic heterocycles. The number of anilines is 1. The molecule has 0 saturated carbocycles. The van der Waals surface area contributed by atoms with Crippen molar-refractivity contribution in [2.24, 2.45) is 7.05 Å². The van der Waals surface area contributed by atoms with Gasteiger partial charge in [0.1, 0.15) is 6.33 Å². The smallest absolute Gasteiger partial charge is 0.240 e. The van der Waals surface area contributed by atoms with Crippen molar-refractivity contribution in [3.05, 3.63) is 6.33 Å². The molecule has 14 heavy (non-hydrogen) atoms.